The predicted molar refractivity (Wildman–Crippen MR) is 84.6 cm³/mol. The van der Waals surface area contributed by atoms with Gasteiger partial charge in [0.2, 0.25) is 0 Å². The molecule has 0 atom stereocenters. The summed E-state index contributed by atoms with van der Waals surface area (Å²) in [5.74, 6) is 0.349. The van der Waals surface area contributed by atoms with Crippen LogP contribution in [-0.4, -0.2) is 11.5 Å². The maximum Gasteiger partial charge on any atom is 0.0927 e. The van der Waals surface area contributed by atoms with Crippen LogP contribution in [0.15, 0.2) is 18.2 Å². The van der Waals surface area contributed by atoms with E-state index in [9.17, 15) is 0 Å². The van der Waals surface area contributed by atoms with E-state index in [1.54, 1.807) is 6.07 Å². The fraction of sp³-hybridized carbons (Fsp3) is 0.400. The zero-order valence-electron chi connectivity index (χ0n) is 11.4. The van der Waals surface area contributed by atoms with Gasteiger partial charge in [-0.3, -0.25) is 4.98 Å². The maximum atomic E-state index is 6.31. The number of nitrogens with zero attached hydrogens (tertiary/aromatic N) is 1. The molecule has 4 heteroatoms. The molecular weight excluding hydrogens is 279 g/mol. The molecule has 0 amide bonds. The Labute approximate surface area is 124 Å². The highest BCUT2D eigenvalue weighted by Crippen LogP contribution is 2.35. The second-order valence-electron chi connectivity index (χ2n) is 4.93. The molecule has 2 rings (SSSR count). The van der Waals surface area contributed by atoms with Crippen LogP contribution in [-0.2, 0) is 0 Å². The van der Waals surface area contributed by atoms with Gasteiger partial charge < -0.3 is 5.32 Å². The zero-order valence-corrected chi connectivity index (χ0v) is 12.9. The first-order valence-corrected chi connectivity index (χ1v) is 7.32. The van der Waals surface area contributed by atoms with Crippen molar-refractivity contribution in [1.82, 2.24) is 4.98 Å². The molecule has 0 aliphatic carbocycles. The summed E-state index contributed by atoms with van der Waals surface area (Å²) >= 11 is 12.6. The third-order valence-corrected chi connectivity index (χ3v) is 3.66. The first-order valence-electron chi connectivity index (χ1n) is 6.57. The van der Waals surface area contributed by atoms with Crippen LogP contribution in [0.4, 0.5) is 5.69 Å². The van der Waals surface area contributed by atoms with Crippen molar-refractivity contribution < 1.29 is 0 Å². The van der Waals surface area contributed by atoms with Gasteiger partial charge in [-0.15, -0.1) is 0 Å². The lowest BCUT2D eigenvalue weighted by atomic mass is 10.1. The number of halogens is 2. The van der Waals surface area contributed by atoms with Crippen LogP contribution in [0.1, 0.15) is 38.8 Å². The van der Waals surface area contributed by atoms with Crippen LogP contribution >= 0.6 is 23.2 Å². The van der Waals surface area contributed by atoms with Crippen molar-refractivity contribution in [3.05, 3.63) is 33.9 Å². The maximum absolute atomic E-state index is 6.31. The molecule has 19 heavy (non-hydrogen) atoms. The standard InChI is InChI=1S/C15H18Cl2N2/c1-4-7-18-13-8-12(9(2)3)19-15-11(17)6-5-10(16)14(13)15/h5-6,8-9H,4,7H2,1-3H3,(H,18,19). The molecule has 0 saturated carbocycles. The van der Waals surface area contributed by atoms with Gasteiger partial charge in [0.15, 0.2) is 0 Å². The highest BCUT2D eigenvalue weighted by Gasteiger charge is 2.13. The smallest absolute Gasteiger partial charge is 0.0927 e. The Morgan fingerprint density at radius 1 is 1.21 bits per heavy atom. The van der Waals surface area contributed by atoms with Crippen LogP contribution in [0.5, 0.6) is 0 Å². The molecule has 2 aromatic rings. The molecule has 1 aromatic carbocycles. The number of rotatable bonds is 4. The van der Waals surface area contributed by atoms with Gasteiger partial charge in [0, 0.05) is 23.3 Å². The van der Waals surface area contributed by atoms with Crippen LogP contribution in [0, 0.1) is 0 Å². The lowest BCUT2D eigenvalue weighted by Gasteiger charge is -2.15. The third-order valence-electron chi connectivity index (χ3n) is 3.04. The van der Waals surface area contributed by atoms with Crippen LogP contribution in [0.3, 0.4) is 0 Å². The number of aromatic nitrogens is 1. The van der Waals surface area contributed by atoms with Crippen molar-refractivity contribution in [2.45, 2.75) is 33.1 Å². The molecule has 1 aromatic heterocycles. The fourth-order valence-corrected chi connectivity index (χ4v) is 2.44. The summed E-state index contributed by atoms with van der Waals surface area (Å²) in [6.07, 6.45) is 1.05. The van der Waals surface area contributed by atoms with Crippen molar-refractivity contribution in [3.63, 3.8) is 0 Å². The second kappa shape index (κ2) is 5.98. The normalized spacial score (nSPS) is 11.3. The molecule has 0 saturated heterocycles. The van der Waals surface area contributed by atoms with E-state index in [-0.39, 0.29) is 0 Å². The van der Waals surface area contributed by atoms with Gasteiger partial charge in [-0.1, -0.05) is 44.0 Å². The minimum atomic E-state index is 0.349. The minimum absolute atomic E-state index is 0.349. The van der Waals surface area contributed by atoms with E-state index in [1.165, 1.54) is 0 Å². The van der Waals surface area contributed by atoms with Gasteiger partial charge >= 0.3 is 0 Å². The molecular formula is C15H18Cl2N2. The molecule has 0 aliphatic heterocycles. The summed E-state index contributed by atoms with van der Waals surface area (Å²) < 4.78 is 0. The first-order chi connectivity index (χ1) is 9.04. The third kappa shape index (κ3) is 2.96. The Morgan fingerprint density at radius 2 is 1.89 bits per heavy atom. The van der Waals surface area contributed by atoms with E-state index in [4.69, 9.17) is 23.2 Å². The molecule has 0 aliphatic rings. The zero-order chi connectivity index (χ0) is 14.0. The summed E-state index contributed by atoms with van der Waals surface area (Å²) in [7, 11) is 0. The molecule has 1 N–H and O–H groups in total. The van der Waals surface area contributed by atoms with Crippen molar-refractivity contribution in [1.29, 1.82) is 0 Å². The Kier molecular flexibility index (Phi) is 4.54. The van der Waals surface area contributed by atoms with Crippen molar-refractivity contribution in [3.8, 4) is 0 Å². The highest BCUT2D eigenvalue weighted by molar-refractivity contribution is 6.40. The average Bonchev–Trinajstić information content (AvgIpc) is 2.39. The fourth-order valence-electron chi connectivity index (χ4n) is 1.98. The van der Waals surface area contributed by atoms with E-state index in [1.807, 2.05) is 6.07 Å². The summed E-state index contributed by atoms with van der Waals surface area (Å²) in [5.41, 5.74) is 2.82. The number of hydrogen-bond donors (Lipinski definition) is 1. The van der Waals surface area contributed by atoms with Crippen LogP contribution in [0.25, 0.3) is 10.9 Å². The van der Waals surface area contributed by atoms with Crippen LogP contribution < -0.4 is 5.32 Å². The van der Waals surface area contributed by atoms with E-state index in [2.05, 4.69) is 37.1 Å². The number of anilines is 1. The van der Waals surface area contributed by atoms with E-state index >= 15 is 0 Å². The van der Waals surface area contributed by atoms with Gasteiger partial charge in [-0.25, -0.2) is 0 Å². The Balaban J connectivity index is 2.70. The lowest BCUT2D eigenvalue weighted by Crippen LogP contribution is -2.04. The SMILES string of the molecule is CCCNc1cc(C(C)C)nc2c(Cl)ccc(Cl)c12. The molecule has 2 nitrogen and oxygen atoms in total. The predicted octanol–water partition coefficient (Wildman–Crippen LogP) is 5.49. The van der Waals surface area contributed by atoms with Crippen molar-refractivity contribution in [2.24, 2.45) is 0 Å². The number of benzene rings is 1. The quantitative estimate of drug-likeness (QED) is 0.807. The van der Waals surface area contributed by atoms with Gasteiger partial charge in [0.25, 0.3) is 0 Å². The van der Waals surface area contributed by atoms with E-state index in [0.29, 0.717) is 16.0 Å². The highest BCUT2D eigenvalue weighted by atomic mass is 35.5. The summed E-state index contributed by atoms with van der Waals surface area (Å²) in [6, 6.07) is 5.69. The molecule has 1 heterocycles. The second-order valence-corrected chi connectivity index (χ2v) is 5.74. The molecule has 0 unspecified atom stereocenters. The molecule has 102 valence electrons. The molecule has 0 spiro atoms. The molecule has 0 fully saturated rings. The first kappa shape index (κ1) is 14.4. The topological polar surface area (TPSA) is 24.9 Å². The Hall–Kier alpha value is -0.990. The number of pyridine rings is 1. The van der Waals surface area contributed by atoms with Crippen LogP contribution in [0.2, 0.25) is 10.0 Å². The number of hydrogen-bond acceptors (Lipinski definition) is 2. The average molecular weight is 297 g/mol. The van der Waals surface area contributed by atoms with Gasteiger partial charge in [-0.05, 0) is 30.5 Å². The van der Waals surface area contributed by atoms with Crippen molar-refractivity contribution >= 4 is 39.8 Å². The molecule has 0 bridgehead atoms. The molecule has 0 radical (unpaired) electrons. The largest absolute Gasteiger partial charge is 0.384 e. The Morgan fingerprint density at radius 3 is 2.53 bits per heavy atom. The summed E-state index contributed by atoms with van der Waals surface area (Å²) in [4.78, 5) is 4.65. The lowest BCUT2D eigenvalue weighted by molar-refractivity contribution is 0.829. The Bertz CT molecular complexity index is 594. The summed E-state index contributed by atoms with van der Waals surface area (Å²) in [5, 5.41) is 5.65. The number of nitrogens with one attached hydrogen (secondary N) is 1. The van der Waals surface area contributed by atoms with Gasteiger partial charge in [0.1, 0.15) is 0 Å². The van der Waals surface area contributed by atoms with Gasteiger partial charge in [0.05, 0.1) is 15.6 Å². The number of fused-ring (bicyclic) bond motifs is 1. The minimum Gasteiger partial charge on any atom is -0.384 e. The summed E-state index contributed by atoms with van der Waals surface area (Å²) in [6.45, 7) is 7.28. The monoisotopic (exact) mass is 296 g/mol. The van der Waals surface area contributed by atoms with Crippen molar-refractivity contribution in [2.75, 3.05) is 11.9 Å². The van der Waals surface area contributed by atoms with Gasteiger partial charge in [-0.2, -0.15) is 0 Å². The van der Waals surface area contributed by atoms with E-state index in [0.717, 1.165) is 35.2 Å². The van der Waals surface area contributed by atoms with E-state index < -0.39 is 0 Å².